The molecule has 6 heteroatoms. The first-order valence-corrected chi connectivity index (χ1v) is 11.1. The van der Waals surface area contributed by atoms with E-state index in [0.29, 0.717) is 22.3 Å². The normalized spacial score (nSPS) is 10.8. The van der Waals surface area contributed by atoms with Crippen molar-refractivity contribution in [2.24, 2.45) is 0 Å². The standard InChI is InChI=1S/C28H27NO5/c1-5-19-8-6-7-9-22(19)29-24(30)16-33-28-26(31)25-18(3)14-17(2)15-23(25)34-27(28)20-10-12-21(32-4)13-11-20/h6-15H,5,16H2,1-4H3,(H,29,30). The summed E-state index contributed by atoms with van der Waals surface area (Å²) in [6.45, 7) is 5.50. The molecule has 0 aliphatic rings. The summed E-state index contributed by atoms with van der Waals surface area (Å²) in [5, 5.41) is 3.31. The number of carbonyl (C=O) groups excluding carboxylic acids is 1. The lowest BCUT2D eigenvalue weighted by Crippen LogP contribution is -2.23. The van der Waals surface area contributed by atoms with Gasteiger partial charge < -0.3 is 19.2 Å². The summed E-state index contributed by atoms with van der Waals surface area (Å²) >= 11 is 0. The highest BCUT2D eigenvalue weighted by atomic mass is 16.5. The zero-order valence-electron chi connectivity index (χ0n) is 19.7. The van der Waals surface area contributed by atoms with Crippen LogP contribution in [-0.4, -0.2) is 19.6 Å². The molecule has 1 amide bonds. The monoisotopic (exact) mass is 457 g/mol. The SMILES string of the molecule is CCc1ccccc1NC(=O)COc1c(-c2ccc(OC)cc2)oc2cc(C)cc(C)c2c1=O. The number of hydrogen-bond donors (Lipinski definition) is 1. The van der Waals surface area contributed by atoms with E-state index in [4.69, 9.17) is 13.9 Å². The van der Waals surface area contributed by atoms with Gasteiger partial charge in [0.05, 0.1) is 12.5 Å². The second-order valence-electron chi connectivity index (χ2n) is 8.12. The molecule has 6 nitrogen and oxygen atoms in total. The molecule has 0 fully saturated rings. The maximum absolute atomic E-state index is 13.5. The minimum Gasteiger partial charge on any atom is -0.497 e. The molecule has 0 aliphatic carbocycles. The molecule has 1 heterocycles. The molecule has 0 bridgehead atoms. The largest absolute Gasteiger partial charge is 0.497 e. The highest BCUT2D eigenvalue weighted by Crippen LogP contribution is 2.33. The van der Waals surface area contributed by atoms with Gasteiger partial charge in [0.2, 0.25) is 11.2 Å². The summed E-state index contributed by atoms with van der Waals surface area (Å²) in [7, 11) is 1.58. The van der Waals surface area contributed by atoms with Crippen LogP contribution in [0.25, 0.3) is 22.3 Å². The Morgan fingerprint density at radius 1 is 1.03 bits per heavy atom. The highest BCUT2D eigenvalue weighted by molar-refractivity contribution is 5.93. The van der Waals surface area contributed by atoms with E-state index in [0.717, 1.165) is 28.8 Å². The van der Waals surface area contributed by atoms with Crippen LogP contribution < -0.4 is 20.2 Å². The predicted octanol–water partition coefficient (Wildman–Crippen LogP) is 5.67. The Balaban J connectivity index is 1.73. The third-order valence-electron chi connectivity index (χ3n) is 5.67. The average molecular weight is 458 g/mol. The first-order valence-electron chi connectivity index (χ1n) is 11.1. The lowest BCUT2D eigenvalue weighted by atomic mass is 10.0. The zero-order valence-corrected chi connectivity index (χ0v) is 19.7. The van der Waals surface area contributed by atoms with E-state index in [2.05, 4.69) is 5.32 Å². The van der Waals surface area contributed by atoms with E-state index in [1.807, 2.05) is 57.2 Å². The molecule has 0 radical (unpaired) electrons. The van der Waals surface area contributed by atoms with E-state index in [1.54, 1.807) is 31.4 Å². The van der Waals surface area contributed by atoms with Gasteiger partial charge >= 0.3 is 0 Å². The van der Waals surface area contributed by atoms with Crippen LogP contribution in [0.4, 0.5) is 5.69 Å². The lowest BCUT2D eigenvalue weighted by molar-refractivity contribution is -0.118. The van der Waals surface area contributed by atoms with Crippen LogP contribution in [0.3, 0.4) is 0 Å². The topological polar surface area (TPSA) is 77.8 Å². The summed E-state index contributed by atoms with van der Waals surface area (Å²) in [6, 6.07) is 18.5. The van der Waals surface area contributed by atoms with Crippen LogP contribution in [-0.2, 0) is 11.2 Å². The first kappa shape index (κ1) is 23.1. The quantitative estimate of drug-likeness (QED) is 0.387. The number of ether oxygens (including phenoxy) is 2. The van der Waals surface area contributed by atoms with Gasteiger partial charge in [-0.2, -0.15) is 0 Å². The third-order valence-corrected chi connectivity index (χ3v) is 5.67. The molecule has 0 unspecified atom stereocenters. The highest BCUT2D eigenvalue weighted by Gasteiger charge is 2.20. The maximum atomic E-state index is 13.5. The molecule has 1 aromatic heterocycles. The van der Waals surface area contributed by atoms with Crippen molar-refractivity contribution in [2.45, 2.75) is 27.2 Å². The molecule has 0 atom stereocenters. The fourth-order valence-corrected chi connectivity index (χ4v) is 4.01. The molecule has 0 saturated carbocycles. The Morgan fingerprint density at radius 3 is 2.47 bits per heavy atom. The Kier molecular flexibility index (Phi) is 6.68. The number of amides is 1. The van der Waals surface area contributed by atoms with Crippen LogP contribution in [0, 0.1) is 13.8 Å². The smallest absolute Gasteiger partial charge is 0.262 e. The van der Waals surface area contributed by atoms with Crippen molar-refractivity contribution in [1.82, 2.24) is 0 Å². The van der Waals surface area contributed by atoms with Gasteiger partial charge in [0.1, 0.15) is 11.3 Å². The number of carbonyl (C=O) groups is 1. The van der Waals surface area contributed by atoms with Crippen LogP contribution in [0.5, 0.6) is 11.5 Å². The molecule has 1 N–H and O–H groups in total. The Bertz CT molecular complexity index is 1400. The fraction of sp³-hybridized carbons (Fsp3) is 0.214. The molecule has 0 aliphatic heterocycles. The van der Waals surface area contributed by atoms with E-state index < -0.39 is 0 Å². The number of para-hydroxylation sites is 1. The van der Waals surface area contributed by atoms with Gasteiger partial charge in [-0.05, 0) is 73.4 Å². The summed E-state index contributed by atoms with van der Waals surface area (Å²) in [6.07, 6.45) is 0.784. The molecule has 0 spiro atoms. The van der Waals surface area contributed by atoms with Gasteiger partial charge in [0.25, 0.3) is 5.91 Å². The van der Waals surface area contributed by atoms with Crippen LogP contribution >= 0.6 is 0 Å². The van der Waals surface area contributed by atoms with Gasteiger partial charge in [-0.25, -0.2) is 0 Å². The molecule has 4 aromatic rings. The minimum absolute atomic E-state index is 0.00328. The second-order valence-corrected chi connectivity index (χ2v) is 8.12. The molecular formula is C28H27NO5. The Hall–Kier alpha value is -4.06. The second kappa shape index (κ2) is 9.83. The van der Waals surface area contributed by atoms with Crippen molar-refractivity contribution in [1.29, 1.82) is 0 Å². The number of hydrogen-bond acceptors (Lipinski definition) is 5. The predicted molar refractivity (Wildman–Crippen MR) is 134 cm³/mol. The number of nitrogens with one attached hydrogen (secondary N) is 1. The van der Waals surface area contributed by atoms with Crippen molar-refractivity contribution in [3.8, 4) is 22.8 Å². The molecular weight excluding hydrogens is 430 g/mol. The van der Waals surface area contributed by atoms with Gasteiger partial charge in [-0.3, -0.25) is 9.59 Å². The first-order chi connectivity index (χ1) is 16.4. The average Bonchev–Trinajstić information content (AvgIpc) is 2.83. The zero-order chi connectivity index (χ0) is 24.2. The van der Waals surface area contributed by atoms with Gasteiger partial charge in [-0.15, -0.1) is 0 Å². The minimum atomic E-state index is -0.360. The molecule has 174 valence electrons. The van der Waals surface area contributed by atoms with Crippen molar-refractivity contribution in [2.75, 3.05) is 19.0 Å². The number of anilines is 1. The van der Waals surface area contributed by atoms with E-state index in [-0.39, 0.29) is 29.5 Å². The van der Waals surface area contributed by atoms with Gasteiger partial charge in [0.15, 0.2) is 12.4 Å². The summed E-state index contributed by atoms with van der Waals surface area (Å²) in [5.74, 6) is 0.590. The number of rotatable bonds is 7. The fourth-order valence-electron chi connectivity index (χ4n) is 4.01. The summed E-state index contributed by atoms with van der Waals surface area (Å²) in [4.78, 5) is 26.2. The Labute approximate surface area is 198 Å². The van der Waals surface area contributed by atoms with Crippen molar-refractivity contribution >= 4 is 22.6 Å². The molecule has 0 saturated heterocycles. The number of benzene rings is 3. The van der Waals surface area contributed by atoms with E-state index in [1.165, 1.54) is 0 Å². The molecule has 4 rings (SSSR count). The van der Waals surface area contributed by atoms with Crippen molar-refractivity contribution in [3.63, 3.8) is 0 Å². The molecule has 34 heavy (non-hydrogen) atoms. The van der Waals surface area contributed by atoms with Crippen LogP contribution in [0.15, 0.2) is 69.9 Å². The van der Waals surface area contributed by atoms with Gasteiger partial charge in [0, 0.05) is 11.3 Å². The summed E-state index contributed by atoms with van der Waals surface area (Å²) < 4.78 is 17.3. The maximum Gasteiger partial charge on any atom is 0.262 e. The lowest BCUT2D eigenvalue weighted by Gasteiger charge is -2.14. The van der Waals surface area contributed by atoms with Crippen molar-refractivity contribution in [3.05, 3.63) is 87.6 Å². The Morgan fingerprint density at radius 2 is 1.76 bits per heavy atom. The van der Waals surface area contributed by atoms with Crippen molar-refractivity contribution < 1.29 is 18.7 Å². The third kappa shape index (κ3) is 4.66. The number of aryl methyl sites for hydroxylation is 3. The van der Waals surface area contributed by atoms with E-state index >= 15 is 0 Å². The number of methoxy groups -OCH3 is 1. The molecule has 3 aromatic carbocycles. The van der Waals surface area contributed by atoms with Crippen LogP contribution in [0.1, 0.15) is 23.6 Å². The van der Waals surface area contributed by atoms with Crippen LogP contribution in [0.2, 0.25) is 0 Å². The van der Waals surface area contributed by atoms with E-state index in [9.17, 15) is 9.59 Å². The van der Waals surface area contributed by atoms with Gasteiger partial charge in [-0.1, -0.05) is 31.2 Å². The summed E-state index contributed by atoms with van der Waals surface area (Å²) in [5.41, 5.74) is 4.32. The number of fused-ring (bicyclic) bond motifs is 1.